The minimum Gasteiger partial charge on any atom is -0.492 e. The molecule has 59 heavy (non-hydrogen) atoms. The number of rotatable bonds is 17. The monoisotopic (exact) mass is 857 g/mol. The van der Waals surface area contributed by atoms with Gasteiger partial charge in [0.25, 0.3) is 0 Å². The second-order valence-corrected chi connectivity index (χ2v) is 17.6. The molecule has 310 valence electrons. The fraction of sp³-hybridized carbons (Fsp3) is 0.419. The average Bonchev–Trinajstić information content (AvgIpc) is 3.90. The van der Waals surface area contributed by atoms with Crippen LogP contribution in [-0.2, 0) is 20.1 Å². The molecule has 2 amide bonds. The van der Waals surface area contributed by atoms with E-state index in [4.69, 9.17) is 31.0 Å². The number of hydrogen-bond acceptors (Lipinski definition) is 12. The standard InChI is InChI=1S/C43H48ClN7O6S2/c1-27(2)22-35(41(53)54)51(36(52)16-17-47-42(55)57-43(3,4)5)20-21-56-32-14-10-28(11-15-32)37-33(23-45)38(50-18-6-7-19-50)49-40(34(37)24-46)59-26-31-25-58-39(48-31)29-8-12-30(44)13-9-29/h8-15,25,27,35H,6-7,16-22,26H2,1-5H3,(H,47,55)(H,53,54)/t35-/m0/s1. The van der Waals surface area contributed by atoms with Crippen LogP contribution in [0.25, 0.3) is 21.7 Å². The van der Waals surface area contributed by atoms with Crippen molar-refractivity contribution in [3.8, 4) is 39.6 Å². The van der Waals surface area contributed by atoms with Crippen molar-refractivity contribution in [2.24, 2.45) is 5.92 Å². The lowest BCUT2D eigenvalue weighted by Gasteiger charge is -2.30. The number of carbonyl (C=O) groups is 3. The van der Waals surface area contributed by atoms with E-state index in [1.807, 2.05) is 43.5 Å². The van der Waals surface area contributed by atoms with Crippen LogP contribution in [0.4, 0.5) is 10.6 Å². The Morgan fingerprint density at radius 1 is 1.02 bits per heavy atom. The number of pyridine rings is 1. The number of halogens is 1. The summed E-state index contributed by atoms with van der Waals surface area (Å²) in [5.74, 6) is -0.127. The molecule has 4 aromatic rings. The largest absolute Gasteiger partial charge is 0.492 e. The first-order chi connectivity index (χ1) is 28.2. The highest BCUT2D eigenvalue weighted by Crippen LogP contribution is 2.40. The topological polar surface area (TPSA) is 182 Å². The number of nitrogens with one attached hydrogen (secondary N) is 1. The molecule has 2 N–H and O–H groups in total. The Hall–Kier alpha value is -5.35. The van der Waals surface area contributed by atoms with Crippen LogP contribution in [-0.4, -0.2) is 82.4 Å². The van der Waals surface area contributed by atoms with Gasteiger partial charge in [-0.05, 0) is 75.8 Å². The van der Waals surface area contributed by atoms with Crippen LogP contribution in [0.5, 0.6) is 5.75 Å². The van der Waals surface area contributed by atoms with Gasteiger partial charge in [-0.2, -0.15) is 10.5 Å². The zero-order valence-corrected chi connectivity index (χ0v) is 36.2. The van der Waals surface area contributed by atoms with Gasteiger partial charge < -0.3 is 29.7 Å². The number of nitriles is 2. The number of carbonyl (C=O) groups excluding carboxylic acids is 2. The molecule has 16 heteroatoms. The third-order valence-electron chi connectivity index (χ3n) is 9.20. The van der Waals surface area contributed by atoms with Crippen molar-refractivity contribution < 1.29 is 29.0 Å². The molecule has 1 aliphatic rings. The molecule has 0 aliphatic carbocycles. The maximum Gasteiger partial charge on any atom is 0.407 e. The number of hydrogen-bond donors (Lipinski definition) is 2. The van der Waals surface area contributed by atoms with Crippen molar-refractivity contribution in [3.63, 3.8) is 0 Å². The molecule has 1 saturated heterocycles. The van der Waals surface area contributed by atoms with Gasteiger partial charge in [0.15, 0.2) is 0 Å². The number of carboxylic acid groups (broad SMARTS) is 1. The lowest BCUT2D eigenvalue weighted by atomic mass is 9.96. The van der Waals surface area contributed by atoms with Gasteiger partial charge in [0.05, 0.1) is 17.8 Å². The molecular formula is C43H48ClN7O6S2. The molecular weight excluding hydrogens is 810 g/mol. The highest BCUT2D eigenvalue weighted by Gasteiger charge is 2.31. The average molecular weight is 858 g/mol. The first kappa shape index (κ1) is 44.7. The Morgan fingerprint density at radius 2 is 1.68 bits per heavy atom. The van der Waals surface area contributed by atoms with Crippen LogP contribution in [0, 0.1) is 28.6 Å². The van der Waals surface area contributed by atoms with E-state index < -0.39 is 29.6 Å². The molecule has 2 aromatic heterocycles. The van der Waals surface area contributed by atoms with E-state index in [0.29, 0.717) is 44.1 Å². The molecule has 1 aliphatic heterocycles. The highest BCUT2D eigenvalue weighted by atomic mass is 35.5. The molecule has 1 atom stereocenters. The Morgan fingerprint density at radius 3 is 2.29 bits per heavy atom. The molecule has 2 aromatic carbocycles. The van der Waals surface area contributed by atoms with Crippen molar-refractivity contribution >= 4 is 58.5 Å². The summed E-state index contributed by atoms with van der Waals surface area (Å²) in [5, 5.41) is 37.7. The van der Waals surface area contributed by atoms with Crippen LogP contribution in [0.3, 0.4) is 0 Å². The highest BCUT2D eigenvalue weighted by molar-refractivity contribution is 7.98. The Bertz CT molecular complexity index is 2190. The summed E-state index contributed by atoms with van der Waals surface area (Å²) in [6.45, 7) is 10.4. The minimum absolute atomic E-state index is 0.00490. The normalized spacial score (nSPS) is 13.1. The third kappa shape index (κ3) is 12.3. The third-order valence-corrected chi connectivity index (χ3v) is 11.4. The number of nitrogens with zero attached hydrogens (tertiary/aromatic N) is 6. The van der Waals surface area contributed by atoms with E-state index in [0.717, 1.165) is 42.2 Å². The molecule has 0 unspecified atom stereocenters. The minimum atomic E-state index is -1.13. The van der Waals surface area contributed by atoms with Crippen LogP contribution in [0.2, 0.25) is 5.02 Å². The second kappa shape index (κ2) is 20.6. The predicted molar refractivity (Wildman–Crippen MR) is 230 cm³/mol. The zero-order valence-electron chi connectivity index (χ0n) is 33.8. The number of anilines is 1. The maximum absolute atomic E-state index is 13.4. The predicted octanol–water partition coefficient (Wildman–Crippen LogP) is 8.78. The molecule has 13 nitrogen and oxygen atoms in total. The van der Waals surface area contributed by atoms with Crippen LogP contribution in [0.15, 0.2) is 58.9 Å². The lowest BCUT2D eigenvalue weighted by molar-refractivity contribution is -0.151. The number of aromatic nitrogens is 2. The summed E-state index contributed by atoms with van der Waals surface area (Å²) in [7, 11) is 0. The van der Waals surface area contributed by atoms with Crippen LogP contribution >= 0.6 is 34.7 Å². The Balaban J connectivity index is 1.34. The van der Waals surface area contributed by atoms with Gasteiger partial charge in [-0.25, -0.2) is 19.6 Å². The van der Waals surface area contributed by atoms with E-state index >= 15 is 0 Å². The summed E-state index contributed by atoms with van der Waals surface area (Å²) < 4.78 is 11.3. The maximum atomic E-state index is 13.4. The van der Waals surface area contributed by atoms with Crippen molar-refractivity contribution in [1.29, 1.82) is 10.5 Å². The van der Waals surface area contributed by atoms with Gasteiger partial charge in [0, 0.05) is 53.3 Å². The summed E-state index contributed by atoms with van der Waals surface area (Å²) in [6, 6.07) is 18.1. The Kier molecular flexibility index (Phi) is 15.6. The second-order valence-electron chi connectivity index (χ2n) is 15.3. The SMILES string of the molecule is CC(C)C[C@@H](C(=O)O)N(CCOc1ccc(-c2c(C#N)c(SCc3csc(-c4ccc(Cl)cc4)n3)nc(N3CCCC3)c2C#N)cc1)C(=O)CCNC(=O)OC(C)(C)C. The molecule has 1 fully saturated rings. The van der Waals surface area contributed by atoms with Gasteiger partial charge in [0.1, 0.15) is 57.6 Å². The smallest absolute Gasteiger partial charge is 0.407 e. The number of aliphatic carboxylic acids is 1. The van der Waals surface area contributed by atoms with E-state index in [2.05, 4.69) is 22.4 Å². The van der Waals surface area contributed by atoms with Crippen molar-refractivity contribution in [2.75, 3.05) is 37.7 Å². The van der Waals surface area contributed by atoms with E-state index in [-0.39, 0.29) is 44.0 Å². The number of thiazole rings is 1. The first-order valence-corrected chi connectivity index (χ1v) is 21.6. The van der Waals surface area contributed by atoms with Gasteiger partial charge in [-0.15, -0.1) is 11.3 Å². The summed E-state index contributed by atoms with van der Waals surface area (Å²) in [4.78, 5) is 51.0. The van der Waals surface area contributed by atoms with Crippen molar-refractivity contribution in [1.82, 2.24) is 20.2 Å². The van der Waals surface area contributed by atoms with Crippen LogP contribution < -0.4 is 15.0 Å². The molecule has 0 saturated carbocycles. The molecule has 3 heterocycles. The van der Waals surface area contributed by atoms with Crippen molar-refractivity contribution in [2.45, 2.75) is 82.7 Å². The number of benzene rings is 2. The van der Waals surface area contributed by atoms with Gasteiger partial charge >= 0.3 is 12.1 Å². The molecule has 0 bridgehead atoms. The summed E-state index contributed by atoms with van der Waals surface area (Å²) in [5.41, 5.74) is 2.81. The summed E-state index contributed by atoms with van der Waals surface area (Å²) in [6.07, 6.45) is 1.38. The van der Waals surface area contributed by atoms with Crippen molar-refractivity contribution in [3.05, 3.63) is 75.8 Å². The van der Waals surface area contributed by atoms with E-state index in [1.165, 1.54) is 28.0 Å². The lowest BCUT2D eigenvalue weighted by Crippen LogP contribution is -2.48. The number of ether oxygens (including phenoxy) is 2. The van der Waals surface area contributed by atoms with E-state index in [9.17, 15) is 30.0 Å². The molecule has 0 radical (unpaired) electrons. The molecule has 0 spiro atoms. The van der Waals surface area contributed by atoms with Crippen LogP contribution in [0.1, 0.15) is 77.1 Å². The van der Waals surface area contributed by atoms with E-state index in [1.54, 1.807) is 45.0 Å². The quantitative estimate of drug-likeness (QED) is 0.0965. The molecule has 5 rings (SSSR count). The number of amides is 2. The number of alkyl carbamates (subject to hydrolysis) is 1. The van der Waals surface area contributed by atoms with Gasteiger partial charge in [-0.3, -0.25) is 4.79 Å². The fourth-order valence-corrected chi connectivity index (χ4v) is 8.46. The Labute approximate surface area is 358 Å². The fourth-order valence-electron chi connectivity index (χ4n) is 6.52. The van der Waals surface area contributed by atoms with Gasteiger partial charge in [0.2, 0.25) is 5.91 Å². The number of carboxylic acids is 1. The first-order valence-electron chi connectivity index (χ1n) is 19.4. The zero-order chi connectivity index (χ0) is 42.7. The van der Waals surface area contributed by atoms with Gasteiger partial charge in [-0.1, -0.05) is 61.5 Å². The summed E-state index contributed by atoms with van der Waals surface area (Å²) >= 11 is 9.00. The number of thioether (sulfide) groups is 1.